The molecule has 1 aromatic rings. The number of halogens is 4. The maximum absolute atomic E-state index is 13.1. The minimum atomic E-state index is -4.68. The zero-order valence-electron chi connectivity index (χ0n) is 9.27. The van der Waals surface area contributed by atoms with E-state index in [1.54, 1.807) is 6.92 Å². The van der Waals surface area contributed by atoms with Crippen molar-refractivity contribution in [1.29, 1.82) is 0 Å². The van der Waals surface area contributed by atoms with Gasteiger partial charge in [0.05, 0.1) is 5.56 Å². The molecule has 0 aliphatic carbocycles. The van der Waals surface area contributed by atoms with E-state index in [1.807, 2.05) is 0 Å². The molecule has 0 fully saturated rings. The lowest BCUT2D eigenvalue weighted by molar-refractivity contribution is -0.140. The van der Waals surface area contributed by atoms with Crippen LogP contribution in [0.25, 0.3) is 0 Å². The first kappa shape index (κ1) is 13.7. The summed E-state index contributed by atoms with van der Waals surface area (Å²) in [5.41, 5.74) is -0.875. The fourth-order valence-corrected chi connectivity index (χ4v) is 1.40. The molecule has 1 aromatic carbocycles. The van der Waals surface area contributed by atoms with Crippen LogP contribution >= 0.6 is 0 Å². The summed E-state index contributed by atoms with van der Waals surface area (Å²) >= 11 is 0. The van der Waals surface area contributed by atoms with Gasteiger partial charge in [-0.15, -0.1) is 0 Å². The molecule has 0 aliphatic heterocycles. The van der Waals surface area contributed by atoms with Crippen LogP contribution in [0.4, 0.5) is 17.6 Å². The van der Waals surface area contributed by atoms with Gasteiger partial charge in [0.1, 0.15) is 11.6 Å². The van der Waals surface area contributed by atoms with Gasteiger partial charge < -0.3 is 0 Å². The highest BCUT2D eigenvalue weighted by Crippen LogP contribution is 2.31. The number of aryl methyl sites for hydroxylation is 1. The lowest BCUT2D eigenvalue weighted by atomic mass is 10.0. The molecule has 0 spiro atoms. The molecule has 0 heterocycles. The summed E-state index contributed by atoms with van der Waals surface area (Å²) in [4.78, 5) is 11.0. The van der Waals surface area contributed by atoms with E-state index < -0.39 is 17.6 Å². The van der Waals surface area contributed by atoms with Gasteiger partial charge in [0, 0.05) is 12.8 Å². The number of alkyl halides is 3. The van der Waals surface area contributed by atoms with Crippen LogP contribution in [-0.4, -0.2) is 5.78 Å². The smallest absolute Gasteiger partial charge is 0.300 e. The Kier molecular flexibility index (Phi) is 4.26. The summed E-state index contributed by atoms with van der Waals surface area (Å²) in [6.45, 7) is 1.70. The normalized spacial score (nSPS) is 11.6. The molecule has 17 heavy (non-hydrogen) atoms. The molecule has 0 N–H and O–H groups in total. The molecule has 0 saturated carbocycles. The molecular formula is C12H12F4O. The second-order valence-electron chi connectivity index (χ2n) is 3.70. The number of hydrogen-bond donors (Lipinski definition) is 0. The maximum atomic E-state index is 13.1. The van der Waals surface area contributed by atoms with Crippen LogP contribution < -0.4 is 0 Å². The highest BCUT2D eigenvalue weighted by molar-refractivity contribution is 5.78. The number of carbonyl (C=O) groups is 1. The molecule has 1 rings (SSSR count). The van der Waals surface area contributed by atoms with Crippen LogP contribution in [0.2, 0.25) is 0 Å². The van der Waals surface area contributed by atoms with Crippen LogP contribution in [0.5, 0.6) is 0 Å². The highest BCUT2D eigenvalue weighted by atomic mass is 19.4. The molecule has 0 radical (unpaired) electrons. The zero-order valence-corrected chi connectivity index (χ0v) is 9.27. The Balaban J connectivity index is 2.79. The van der Waals surface area contributed by atoms with E-state index in [9.17, 15) is 22.4 Å². The van der Waals surface area contributed by atoms with Gasteiger partial charge in [-0.05, 0) is 24.1 Å². The van der Waals surface area contributed by atoms with E-state index in [0.717, 1.165) is 6.07 Å². The predicted octanol–water partition coefficient (Wildman–Crippen LogP) is 3.76. The van der Waals surface area contributed by atoms with Gasteiger partial charge in [-0.3, -0.25) is 4.79 Å². The molecule has 5 heteroatoms. The lowest BCUT2D eigenvalue weighted by Crippen LogP contribution is -2.08. The topological polar surface area (TPSA) is 17.1 Å². The average molecular weight is 248 g/mol. The molecule has 0 atom stereocenters. The van der Waals surface area contributed by atoms with E-state index in [-0.39, 0.29) is 18.6 Å². The Hall–Kier alpha value is -1.39. The molecule has 1 nitrogen and oxygen atoms in total. The highest BCUT2D eigenvalue weighted by Gasteiger charge is 2.33. The van der Waals surface area contributed by atoms with Gasteiger partial charge in [0.25, 0.3) is 0 Å². The van der Waals surface area contributed by atoms with Crippen LogP contribution in [0.1, 0.15) is 30.9 Å². The van der Waals surface area contributed by atoms with Crippen molar-refractivity contribution in [2.24, 2.45) is 0 Å². The number of rotatable bonds is 4. The minimum absolute atomic E-state index is 0.00491. The van der Waals surface area contributed by atoms with E-state index in [1.165, 1.54) is 6.07 Å². The Morgan fingerprint density at radius 3 is 2.41 bits per heavy atom. The van der Waals surface area contributed by atoms with Crippen LogP contribution in [0.15, 0.2) is 18.2 Å². The summed E-state index contributed by atoms with van der Waals surface area (Å²) in [5.74, 6) is -1.29. The monoisotopic (exact) mass is 248 g/mol. The van der Waals surface area contributed by atoms with Crippen molar-refractivity contribution in [1.82, 2.24) is 0 Å². The Morgan fingerprint density at radius 1 is 1.29 bits per heavy atom. The van der Waals surface area contributed by atoms with E-state index >= 15 is 0 Å². The number of hydrogen-bond acceptors (Lipinski definition) is 1. The van der Waals surface area contributed by atoms with Gasteiger partial charge in [-0.25, -0.2) is 4.39 Å². The van der Waals surface area contributed by atoms with Gasteiger partial charge >= 0.3 is 6.18 Å². The van der Waals surface area contributed by atoms with Gasteiger partial charge in [-0.1, -0.05) is 13.0 Å². The second-order valence-corrected chi connectivity index (χ2v) is 3.70. The summed E-state index contributed by atoms with van der Waals surface area (Å²) in [7, 11) is 0. The third-order valence-electron chi connectivity index (χ3n) is 2.43. The molecule has 0 bridgehead atoms. The summed E-state index contributed by atoms with van der Waals surface area (Å²) in [6.07, 6.45) is -3.81. The van der Waals surface area contributed by atoms with Crippen molar-refractivity contribution < 1.29 is 22.4 Å². The maximum Gasteiger partial charge on any atom is 0.419 e. The van der Waals surface area contributed by atoms with Crippen LogP contribution in [0, 0.1) is 5.82 Å². The quantitative estimate of drug-likeness (QED) is 0.741. The molecule has 0 aliphatic rings. The summed E-state index contributed by atoms with van der Waals surface area (Å²) < 4.78 is 49.9. The Labute approximate surface area is 96.4 Å². The van der Waals surface area contributed by atoms with Crippen molar-refractivity contribution in [2.75, 3.05) is 0 Å². The minimum Gasteiger partial charge on any atom is -0.300 e. The number of benzene rings is 1. The Morgan fingerprint density at radius 2 is 1.94 bits per heavy atom. The third kappa shape index (κ3) is 3.84. The molecule has 0 amide bonds. The van der Waals surface area contributed by atoms with Crippen molar-refractivity contribution >= 4 is 5.78 Å². The van der Waals surface area contributed by atoms with Crippen LogP contribution in [0.3, 0.4) is 0 Å². The fraction of sp³-hybridized carbons (Fsp3) is 0.417. The summed E-state index contributed by atoms with van der Waals surface area (Å²) in [5, 5.41) is 0. The second kappa shape index (κ2) is 5.29. The molecular weight excluding hydrogens is 236 g/mol. The largest absolute Gasteiger partial charge is 0.419 e. The van der Waals surface area contributed by atoms with Crippen molar-refractivity contribution in [3.63, 3.8) is 0 Å². The first-order valence-electron chi connectivity index (χ1n) is 5.22. The van der Waals surface area contributed by atoms with E-state index in [4.69, 9.17) is 0 Å². The first-order valence-corrected chi connectivity index (χ1v) is 5.22. The predicted molar refractivity (Wildman–Crippen MR) is 55.0 cm³/mol. The zero-order chi connectivity index (χ0) is 13.1. The van der Waals surface area contributed by atoms with Crippen LogP contribution in [-0.2, 0) is 17.4 Å². The van der Waals surface area contributed by atoms with E-state index in [0.29, 0.717) is 18.1 Å². The molecule has 0 aromatic heterocycles. The van der Waals surface area contributed by atoms with Gasteiger partial charge in [0.2, 0.25) is 0 Å². The first-order chi connectivity index (χ1) is 7.84. The Bertz CT molecular complexity index is 409. The summed E-state index contributed by atoms with van der Waals surface area (Å²) in [6, 6.07) is 2.75. The van der Waals surface area contributed by atoms with Gasteiger partial charge in [-0.2, -0.15) is 13.2 Å². The fourth-order valence-electron chi connectivity index (χ4n) is 1.40. The average Bonchev–Trinajstić information content (AvgIpc) is 2.24. The van der Waals surface area contributed by atoms with Crippen molar-refractivity contribution in [3.05, 3.63) is 35.1 Å². The van der Waals surface area contributed by atoms with E-state index in [2.05, 4.69) is 0 Å². The standard InChI is InChI=1S/C12H12F4O/c1-2-9(17)5-3-8-4-6-10(11(13)7-8)12(14,15)16/h4,6-7H,2-3,5H2,1H3. The number of carbonyl (C=O) groups excluding carboxylic acids is 1. The van der Waals surface area contributed by atoms with Gasteiger partial charge in [0.15, 0.2) is 0 Å². The number of ketones is 1. The lowest BCUT2D eigenvalue weighted by Gasteiger charge is -2.09. The number of Topliss-reactive ketones (excluding diaryl/α,β-unsaturated/α-hetero) is 1. The van der Waals surface area contributed by atoms with Crippen molar-refractivity contribution in [3.8, 4) is 0 Å². The third-order valence-corrected chi connectivity index (χ3v) is 2.43. The molecule has 0 saturated heterocycles. The molecule has 94 valence electrons. The molecule has 0 unspecified atom stereocenters. The van der Waals surface area contributed by atoms with Crippen molar-refractivity contribution in [2.45, 2.75) is 32.4 Å². The SMILES string of the molecule is CCC(=O)CCc1ccc(C(F)(F)F)c(F)c1.